The Bertz CT molecular complexity index is 494. The van der Waals surface area contributed by atoms with Crippen LogP contribution in [0, 0.1) is 11.3 Å². The number of hydrogen-bond acceptors (Lipinski definition) is 3. The third-order valence-corrected chi connectivity index (χ3v) is 2.74. The van der Waals surface area contributed by atoms with Gasteiger partial charge in [-0.3, -0.25) is 0 Å². The topological polar surface area (TPSA) is 53.6 Å². The van der Waals surface area contributed by atoms with Gasteiger partial charge in [-0.15, -0.1) is 0 Å². The van der Waals surface area contributed by atoms with Crippen molar-refractivity contribution < 1.29 is 0 Å². The Morgan fingerprint density at radius 3 is 2.78 bits per heavy atom. The molecule has 0 aliphatic rings. The summed E-state index contributed by atoms with van der Waals surface area (Å²) in [4.78, 5) is 4.00. The van der Waals surface area contributed by atoms with Gasteiger partial charge in [-0.05, 0) is 30.7 Å². The molecule has 2 aromatic rings. The molecule has 1 aromatic heterocycles. The summed E-state index contributed by atoms with van der Waals surface area (Å²) in [5, 5.41) is 12.1. The van der Waals surface area contributed by atoms with E-state index in [2.05, 4.69) is 20.9 Å². The summed E-state index contributed by atoms with van der Waals surface area (Å²) in [6.07, 6.45) is 6.68. The predicted molar refractivity (Wildman–Crippen MR) is 69.7 cm³/mol. The Balaban J connectivity index is 1.64. The maximum Gasteiger partial charge on any atom is 0.0991 e. The molecule has 0 radical (unpaired) electrons. The van der Waals surface area contributed by atoms with E-state index in [1.807, 2.05) is 36.8 Å². The van der Waals surface area contributed by atoms with Crippen LogP contribution >= 0.6 is 0 Å². The van der Waals surface area contributed by atoms with Gasteiger partial charge in [0.1, 0.15) is 0 Å². The van der Waals surface area contributed by atoms with Crippen molar-refractivity contribution >= 4 is 0 Å². The normalized spacial score (nSPS) is 10.2. The summed E-state index contributed by atoms with van der Waals surface area (Å²) in [7, 11) is 0. The van der Waals surface area contributed by atoms with Crippen molar-refractivity contribution in [2.24, 2.45) is 0 Å². The summed E-state index contributed by atoms with van der Waals surface area (Å²) in [5.74, 6) is 0. The van der Waals surface area contributed by atoms with E-state index in [4.69, 9.17) is 5.26 Å². The molecule has 1 heterocycles. The lowest BCUT2D eigenvalue weighted by atomic mass is 10.1. The van der Waals surface area contributed by atoms with Gasteiger partial charge in [-0.2, -0.15) is 5.26 Å². The van der Waals surface area contributed by atoms with Crippen LogP contribution in [-0.2, 0) is 13.1 Å². The molecular weight excluding hydrogens is 224 g/mol. The fraction of sp³-hybridized carbons (Fsp3) is 0.286. The predicted octanol–water partition coefficient (Wildman–Crippen LogP) is 1.93. The van der Waals surface area contributed by atoms with E-state index in [1.54, 1.807) is 6.20 Å². The van der Waals surface area contributed by atoms with Gasteiger partial charge in [0.15, 0.2) is 0 Å². The molecule has 18 heavy (non-hydrogen) atoms. The standard InChI is InChI=1S/C14H16N4/c15-10-13-2-4-14(5-3-13)11-16-6-1-8-18-9-7-17-12-18/h2-5,7,9,12,16H,1,6,8,11H2. The molecule has 0 saturated heterocycles. The molecule has 0 spiro atoms. The van der Waals surface area contributed by atoms with Crippen LogP contribution in [0.5, 0.6) is 0 Å². The van der Waals surface area contributed by atoms with E-state index in [0.29, 0.717) is 5.56 Å². The minimum atomic E-state index is 0.707. The fourth-order valence-electron chi connectivity index (χ4n) is 1.74. The number of nitrogens with one attached hydrogen (secondary N) is 1. The van der Waals surface area contributed by atoms with Gasteiger partial charge in [0, 0.05) is 25.5 Å². The Morgan fingerprint density at radius 2 is 2.11 bits per heavy atom. The van der Waals surface area contributed by atoms with Gasteiger partial charge in [0.2, 0.25) is 0 Å². The van der Waals surface area contributed by atoms with E-state index in [1.165, 1.54) is 5.56 Å². The number of nitriles is 1. The van der Waals surface area contributed by atoms with Crippen molar-refractivity contribution in [1.29, 1.82) is 5.26 Å². The zero-order chi connectivity index (χ0) is 12.6. The molecule has 0 aliphatic heterocycles. The quantitative estimate of drug-likeness (QED) is 0.785. The first-order chi connectivity index (χ1) is 8.88. The third-order valence-electron chi connectivity index (χ3n) is 2.74. The molecule has 0 saturated carbocycles. The molecule has 4 heteroatoms. The first-order valence-electron chi connectivity index (χ1n) is 6.04. The number of benzene rings is 1. The van der Waals surface area contributed by atoms with Gasteiger partial charge >= 0.3 is 0 Å². The molecule has 0 unspecified atom stereocenters. The van der Waals surface area contributed by atoms with Gasteiger partial charge < -0.3 is 9.88 Å². The van der Waals surface area contributed by atoms with E-state index in [-0.39, 0.29) is 0 Å². The smallest absolute Gasteiger partial charge is 0.0991 e. The minimum absolute atomic E-state index is 0.707. The van der Waals surface area contributed by atoms with Crippen LogP contribution < -0.4 is 5.32 Å². The summed E-state index contributed by atoms with van der Waals surface area (Å²) < 4.78 is 2.07. The van der Waals surface area contributed by atoms with Crippen LogP contribution in [0.15, 0.2) is 43.0 Å². The maximum atomic E-state index is 8.69. The summed E-state index contributed by atoms with van der Waals surface area (Å²) >= 11 is 0. The van der Waals surface area contributed by atoms with E-state index < -0.39 is 0 Å². The Kier molecular flexibility index (Phi) is 4.51. The van der Waals surface area contributed by atoms with Crippen molar-refractivity contribution in [3.63, 3.8) is 0 Å². The van der Waals surface area contributed by atoms with Gasteiger partial charge in [0.05, 0.1) is 18.0 Å². The number of imidazole rings is 1. The third kappa shape index (κ3) is 3.72. The molecule has 0 aliphatic carbocycles. The number of nitrogens with zero attached hydrogens (tertiary/aromatic N) is 3. The molecule has 0 bridgehead atoms. The molecule has 4 nitrogen and oxygen atoms in total. The SMILES string of the molecule is N#Cc1ccc(CNCCCn2ccnc2)cc1. The first-order valence-corrected chi connectivity index (χ1v) is 6.04. The number of aryl methyl sites for hydroxylation is 1. The molecule has 2 rings (SSSR count). The molecule has 0 amide bonds. The second kappa shape index (κ2) is 6.58. The highest BCUT2D eigenvalue weighted by Crippen LogP contribution is 2.02. The Hall–Kier alpha value is -2.12. The number of rotatable bonds is 6. The highest BCUT2D eigenvalue weighted by molar-refractivity contribution is 5.31. The zero-order valence-corrected chi connectivity index (χ0v) is 10.2. The highest BCUT2D eigenvalue weighted by Gasteiger charge is 1.94. The van der Waals surface area contributed by atoms with Crippen LogP contribution in [0.3, 0.4) is 0 Å². The molecule has 0 atom stereocenters. The van der Waals surface area contributed by atoms with Crippen molar-refractivity contribution in [2.45, 2.75) is 19.5 Å². The summed E-state index contributed by atoms with van der Waals surface area (Å²) in [6.45, 7) is 2.80. The van der Waals surface area contributed by atoms with E-state index in [9.17, 15) is 0 Å². The van der Waals surface area contributed by atoms with Gasteiger partial charge in [-0.25, -0.2) is 4.98 Å². The average molecular weight is 240 g/mol. The Labute approximate surface area is 107 Å². The average Bonchev–Trinajstić information content (AvgIpc) is 2.92. The molecule has 1 N–H and O–H groups in total. The summed E-state index contributed by atoms with van der Waals surface area (Å²) in [6, 6.07) is 9.79. The van der Waals surface area contributed by atoms with Crippen molar-refractivity contribution in [1.82, 2.24) is 14.9 Å². The van der Waals surface area contributed by atoms with Crippen molar-refractivity contribution in [3.05, 3.63) is 54.1 Å². The Morgan fingerprint density at radius 1 is 1.28 bits per heavy atom. The van der Waals surface area contributed by atoms with Gasteiger partial charge in [0.25, 0.3) is 0 Å². The monoisotopic (exact) mass is 240 g/mol. The first kappa shape index (κ1) is 12.3. The van der Waals surface area contributed by atoms with E-state index >= 15 is 0 Å². The molecule has 1 aromatic carbocycles. The largest absolute Gasteiger partial charge is 0.337 e. The highest BCUT2D eigenvalue weighted by atomic mass is 15.0. The van der Waals surface area contributed by atoms with E-state index in [0.717, 1.165) is 26.1 Å². The van der Waals surface area contributed by atoms with Crippen LogP contribution in [0.1, 0.15) is 17.5 Å². The maximum absolute atomic E-state index is 8.69. The van der Waals surface area contributed by atoms with Crippen LogP contribution in [0.25, 0.3) is 0 Å². The van der Waals surface area contributed by atoms with Crippen LogP contribution in [0.2, 0.25) is 0 Å². The van der Waals surface area contributed by atoms with Crippen molar-refractivity contribution in [2.75, 3.05) is 6.54 Å². The van der Waals surface area contributed by atoms with Gasteiger partial charge in [-0.1, -0.05) is 12.1 Å². The lowest BCUT2D eigenvalue weighted by Gasteiger charge is -2.05. The van der Waals surface area contributed by atoms with Crippen molar-refractivity contribution in [3.8, 4) is 6.07 Å². The second-order valence-electron chi connectivity index (χ2n) is 4.14. The number of aromatic nitrogens is 2. The van der Waals surface area contributed by atoms with Crippen LogP contribution in [0.4, 0.5) is 0 Å². The minimum Gasteiger partial charge on any atom is -0.337 e. The molecule has 0 fully saturated rings. The lowest BCUT2D eigenvalue weighted by molar-refractivity contribution is 0.581. The second-order valence-corrected chi connectivity index (χ2v) is 4.14. The fourth-order valence-corrected chi connectivity index (χ4v) is 1.74. The lowest BCUT2D eigenvalue weighted by Crippen LogP contribution is -2.16. The number of hydrogen-bond donors (Lipinski definition) is 1. The molecular formula is C14H16N4. The summed E-state index contributed by atoms with van der Waals surface area (Å²) in [5.41, 5.74) is 1.91. The van der Waals surface area contributed by atoms with Crippen LogP contribution in [-0.4, -0.2) is 16.1 Å². The molecule has 92 valence electrons. The zero-order valence-electron chi connectivity index (χ0n) is 10.2.